The molecular formula is C21H27N3O5. The molecule has 3 rings (SSSR count). The summed E-state index contributed by atoms with van der Waals surface area (Å²) in [5, 5.41) is 15.6. The summed E-state index contributed by atoms with van der Waals surface area (Å²) in [5.41, 5.74) is 0.271. The number of aliphatic hydroxyl groups excluding tert-OH is 1. The van der Waals surface area contributed by atoms with Crippen molar-refractivity contribution in [3.63, 3.8) is 0 Å². The normalized spacial score (nSPS) is 19.2. The summed E-state index contributed by atoms with van der Waals surface area (Å²) in [5.74, 6) is -1.00. The summed E-state index contributed by atoms with van der Waals surface area (Å²) in [6.07, 6.45) is 2.34. The van der Waals surface area contributed by atoms with Crippen molar-refractivity contribution in [3.8, 4) is 0 Å². The van der Waals surface area contributed by atoms with Gasteiger partial charge in [0.25, 0.3) is 5.91 Å². The van der Waals surface area contributed by atoms with E-state index in [9.17, 15) is 19.5 Å². The first-order valence-electron chi connectivity index (χ1n) is 9.67. The third-order valence-corrected chi connectivity index (χ3v) is 5.11. The lowest BCUT2D eigenvalue weighted by atomic mass is 9.93. The molecule has 0 spiro atoms. The van der Waals surface area contributed by atoms with Crippen LogP contribution in [0, 0.1) is 5.92 Å². The number of fused-ring (bicyclic) bond motifs is 1. The van der Waals surface area contributed by atoms with Gasteiger partial charge in [-0.1, -0.05) is 13.8 Å². The van der Waals surface area contributed by atoms with Crippen LogP contribution in [0.5, 0.6) is 0 Å². The third kappa shape index (κ3) is 4.65. The van der Waals surface area contributed by atoms with Gasteiger partial charge in [-0.3, -0.25) is 14.4 Å². The molecular weight excluding hydrogens is 374 g/mol. The van der Waals surface area contributed by atoms with Crippen molar-refractivity contribution < 1.29 is 24.2 Å². The van der Waals surface area contributed by atoms with Crippen LogP contribution >= 0.6 is 0 Å². The molecule has 1 fully saturated rings. The molecule has 1 aliphatic rings. The van der Waals surface area contributed by atoms with Crippen LogP contribution in [0.4, 0.5) is 0 Å². The average molecular weight is 401 g/mol. The maximum Gasteiger partial charge on any atom is 0.251 e. The minimum absolute atomic E-state index is 0.158. The largest absolute Gasteiger partial charge is 0.393 e. The van der Waals surface area contributed by atoms with E-state index in [0.717, 1.165) is 10.9 Å². The van der Waals surface area contributed by atoms with Crippen molar-refractivity contribution in [2.45, 2.75) is 31.9 Å². The van der Waals surface area contributed by atoms with Crippen molar-refractivity contribution in [1.82, 2.24) is 15.2 Å². The van der Waals surface area contributed by atoms with E-state index in [1.165, 1.54) is 0 Å². The number of benzene rings is 1. The molecule has 8 heteroatoms. The van der Waals surface area contributed by atoms with E-state index < -0.39 is 24.2 Å². The standard InChI is InChI=1S/C21H27N3O5/c1-13(2)8-16(19(27)21(11-25)12-29-21)23-18(26)10-22-20(28)15-4-5-17-14(9-15)6-7-24(17)3/h4-7,9,13,16,25H,8,10-12H2,1-3H3,(H,22,28)(H,23,26). The number of hydrogen-bond acceptors (Lipinski definition) is 5. The van der Waals surface area contributed by atoms with E-state index in [2.05, 4.69) is 10.6 Å². The molecule has 0 bridgehead atoms. The summed E-state index contributed by atoms with van der Waals surface area (Å²) >= 11 is 0. The maximum absolute atomic E-state index is 12.6. The highest BCUT2D eigenvalue weighted by Crippen LogP contribution is 2.30. The van der Waals surface area contributed by atoms with Gasteiger partial charge in [-0.15, -0.1) is 0 Å². The highest BCUT2D eigenvalue weighted by Gasteiger charge is 2.54. The number of ether oxygens (including phenoxy) is 1. The van der Waals surface area contributed by atoms with Gasteiger partial charge in [0, 0.05) is 29.7 Å². The van der Waals surface area contributed by atoms with Crippen LogP contribution in [0.2, 0.25) is 0 Å². The Morgan fingerprint density at radius 1 is 1.28 bits per heavy atom. The number of epoxide rings is 1. The Morgan fingerprint density at radius 3 is 2.62 bits per heavy atom. The van der Waals surface area contributed by atoms with E-state index >= 15 is 0 Å². The van der Waals surface area contributed by atoms with E-state index in [0.29, 0.717) is 12.0 Å². The number of carbonyl (C=O) groups is 3. The fourth-order valence-electron chi connectivity index (χ4n) is 3.35. The van der Waals surface area contributed by atoms with Crippen LogP contribution in [-0.4, -0.2) is 58.7 Å². The Hall–Kier alpha value is -2.71. The molecule has 0 aliphatic carbocycles. The van der Waals surface area contributed by atoms with Crippen molar-refractivity contribution in [3.05, 3.63) is 36.0 Å². The minimum atomic E-state index is -1.19. The van der Waals surface area contributed by atoms with Crippen molar-refractivity contribution in [2.75, 3.05) is 19.8 Å². The number of Topliss-reactive ketones (excluding diaryl/α,β-unsaturated/α-hetero) is 1. The number of ketones is 1. The Morgan fingerprint density at radius 2 is 2.00 bits per heavy atom. The average Bonchev–Trinajstić information content (AvgIpc) is 3.42. The highest BCUT2D eigenvalue weighted by molar-refractivity contribution is 6.01. The molecule has 29 heavy (non-hydrogen) atoms. The van der Waals surface area contributed by atoms with Gasteiger partial charge in [0.1, 0.15) is 0 Å². The Labute approximate surface area is 169 Å². The highest BCUT2D eigenvalue weighted by atomic mass is 16.6. The topological polar surface area (TPSA) is 113 Å². The summed E-state index contributed by atoms with van der Waals surface area (Å²) in [6.45, 7) is 3.38. The second-order valence-corrected chi connectivity index (χ2v) is 7.94. The Bertz CT molecular complexity index is 930. The number of carbonyl (C=O) groups excluding carboxylic acids is 3. The smallest absolute Gasteiger partial charge is 0.251 e. The SMILES string of the molecule is CC(C)CC(NC(=O)CNC(=O)c1ccc2c(ccn2C)c1)C(=O)C1(CO)CO1. The van der Waals surface area contributed by atoms with Crippen LogP contribution in [0.15, 0.2) is 30.5 Å². The maximum atomic E-state index is 12.6. The first-order chi connectivity index (χ1) is 13.8. The lowest BCUT2D eigenvalue weighted by Crippen LogP contribution is -2.51. The zero-order valence-electron chi connectivity index (χ0n) is 16.9. The molecule has 1 aromatic carbocycles. The molecule has 1 saturated heterocycles. The molecule has 0 radical (unpaired) electrons. The molecule has 2 unspecified atom stereocenters. The quantitative estimate of drug-likeness (QED) is 0.537. The third-order valence-electron chi connectivity index (χ3n) is 5.11. The van der Waals surface area contributed by atoms with Gasteiger partial charge in [-0.2, -0.15) is 0 Å². The van der Waals surface area contributed by atoms with Gasteiger partial charge in [0.05, 0.1) is 25.8 Å². The van der Waals surface area contributed by atoms with E-state index in [-0.39, 0.29) is 30.8 Å². The van der Waals surface area contributed by atoms with Crippen LogP contribution in [-0.2, 0) is 21.4 Å². The predicted octanol–water partition coefficient (Wildman–Crippen LogP) is 0.769. The lowest BCUT2D eigenvalue weighted by molar-refractivity contribution is -0.131. The van der Waals surface area contributed by atoms with Crippen molar-refractivity contribution in [2.24, 2.45) is 13.0 Å². The predicted molar refractivity (Wildman–Crippen MR) is 107 cm³/mol. The molecule has 3 N–H and O–H groups in total. The molecule has 0 saturated carbocycles. The number of hydrogen-bond donors (Lipinski definition) is 3. The van der Waals surface area contributed by atoms with Crippen LogP contribution in [0.25, 0.3) is 10.9 Å². The van der Waals surface area contributed by atoms with Crippen molar-refractivity contribution in [1.29, 1.82) is 0 Å². The second kappa shape index (κ2) is 8.34. The van der Waals surface area contributed by atoms with Gasteiger partial charge < -0.3 is 25.0 Å². The molecule has 2 heterocycles. The van der Waals surface area contributed by atoms with Crippen LogP contribution in [0.1, 0.15) is 30.6 Å². The minimum Gasteiger partial charge on any atom is -0.393 e. The first-order valence-corrected chi connectivity index (χ1v) is 9.67. The number of amides is 2. The zero-order valence-corrected chi connectivity index (χ0v) is 16.9. The summed E-state index contributed by atoms with van der Waals surface area (Å²) in [6, 6.07) is 6.47. The zero-order chi connectivity index (χ0) is 21.2. The molecule has 1 aliphatic heterocycles. The molecule has 8 nitrogen and oxygen atoms in total. The first kappa shape index (κ1) is 21.0. The van der Waals surface area contributed by atoms with Gasteiger partial charge in [0.2, 0.25) is 5.91 Å². The van der Waals surface area contributed by atoms with Gasteiger partial charge in [-0.25, -0.2) is 0 Å². The van der Waals surface area contributed by atoms with Gasteiger partial charge >= 0.3 is 0 Å². The Balaban J connectivity index is 1.59. The van der Waals surface area contributed by atoms with Crippen LogP contribution in [0.3, 0.4) is 0 Å². The second-order valence-electron chi connectivity index (χ2n) is 7.94. The summed E-state index contributed by atoms with van der Waals surface area (Å²) in [7, 11) is 1.93. The monoisotopic (exact) mass is 401 g/mol. The fourth-order valence-corrected chi connectivity index (χ4v) is 3.35. The lowest BCUT2D eigenvalue weighted by Gasteiger charge is -2.22. The van der Waals surface area contributed by atoms with Crippen LogP contribution < -0.4 is 10.6 Å². The number of aryl methyl sites for hydroxylation is 1. The van der Waals surface area contributed by atoms with Gasteiger partial charge in [0.15, 0.2) is 11.4 Å². The van der Waals surface area contributed by atoms with E-state index in [4.69, 9.17) is 4.74 Å². The summed E-state index contributed by atoms with van der Waals surface area (Å²) in [4.78, 5) is 37.4. The number of rotatable bonds is 9. The molecule has 156 valence electrons. The molecule has 2 atom stereocenters. The molecule has 2 amide bonds. The van der Waals surface area contributed by atoms with E-state index in [1.807, 2.05) is 43.8 Å². The molecule has 1 aromatic heterocycles. The number of aliphatic hydroxyl groups is 1. The van der Waals surface area contributed by atoms with E-state index in [1.54, 1.807) is 12.1 Å². The number of nitrogens with one attached hydrogen (secondary N) is 2. The Kier molecular flexibility index (Phi) is 6.04. The van der Waals surface area contributed by atoms with Gasteiger partial charge in [-0.05, 0) is 36.6 Å². The van der Waals surface area contributed by atoms with Crippen molar-refractivity contribution >= 4 is 28.5 Å². The fraction of sp³-hybridized carbons (Fsp3) is 0.476. The number of nitrogens with zero attached hydrogens (tertiary/aromatic N) is 1. The summed E-state index contributed by atoms with van der Waals surface area (Å²) < 4.78 is 7.08. The number of aromatic nitrogens is 1. The molecule has 2 aromatic rings.